The number of pyridine rings is 1. The Morgan fingerprint density at radius 1 is 0.475 bits per heavy atom. The van der Waals surface area contributed by atoms with Gasteiger partial charge in [0.25, 0.3) is 0 Å². The van der Waals surface area contributed by atoms with Crippen molar-refractivity contribution in [3.05, 3.63) is 145 Å². The highest BCUT2D eigenvalue weighted by molar-refractivity contribution is 6.21. The van der Waals surface area contributed by atoms with Crippen LogP contribution in [0.2, 0.25) is 0 Å². The normalized spacial score (nSPS) is 11.6. The molecule has 0 unspecified atom stereocenters. The van der Waals surface area contributed by atoms with Crippen molar-refractivity contribution in [3.63, 3.8) is 0 Å². The van der Waals surface area contributed by atoms with Gasteiger partial charge in [-0.25, -0.2) is 4.98 Å². The van der Waals surface area contributed by atoms with Gasteiger partial charge < -0.3 is 4.40 Å². The minimum Gasteiger partial charge on any atom is -0.306 e. The van der Waals surface area contributed by atoms with Crippen molar-refractivity contribution < 1.29 is 0 Å². The average Bonchev–Trinajstić information content (AvgIpc) is 3.43. The molecule has 2 heteroatoms. The Morgan fingerprint density at radius 3 is 1.70 bits per heavy atom. The minimum absolute atomic E-state index is 0.964. The Morgan fingerprint density at radius 2 is 1.02 bits per heavy atom. The summed E-state index contributed by atoms with van der Waals surface area (Å²) in [5.74, 6) is 0. The number of hydrogen-bond donors (Lipinski definition) is 0. The van der Waals surface area contributed by atoms with E-state index in [1.807, 2.05) is 0 Å². The summed E-state index contributed by atoms with van der Waals surface area (Å²) in [5, 5.41) is 7.59. The number of aromatic nitrogens is 2. The molecule has 2 heterocycles. The van der Waals surface area contributed by atoms with Crippen LogP contribution in [0.15, 0.2) is 140 Å². The van der Waals surface area contributed by atoms with Crippen molar-refractivity contribution in [2.24, 2.45) is 0 Å². The molecule has 8 rings (SSSR count). The smallest absolute Gasteiger partial charge is 0.137 e. The third kappa shape index (κ3) is 3.61. The number of nitrogens with zero attached hydrogens (tertiary/aromatic N) is 2. The predicted octanol–water partition coefficient (Wildman–Crippen LogP) is 10.1. The summed E-state index contributed by atoms with van der Waals surface area (Å²) >= 11 is 0. The molecule has 6 aromatic carbocycles. The third-order valence-corrected chi connectivity index (χ3v) is 8.04. The molecule has 0 saturated carbocycles. The van der Waals surface area contributed by atoms with E-state index in [0.717, 1.165) is 16.9 Å². The molecule has 0 aliphatic rings. The molecule has 0 spiro atoms. The first-order valence-corrected chi connectivity index (χ1v) is 13.7. The van der Waals surface area contributed by atoms with Gasteiger partial charge in [-0.05, 0) is 79.2 Å². The molecule has 0 amide bonds. The second kappa shape index (κ2) is 8.93. The SMILES string of the molecule is Cc1ccc2nc(-c3ccc(-c4c5ccccc5c(-c5ccc6ccccc6c5)c5ccccc45)cc3)cn2c1. The number of fused-ring (bicyclic) bond motifs is 4. The Bertz CT molecular complexity index is 2160. The maximum atomic E-state index is 4.86. The quantitative estimate of drug-likeness (QED) is 0.216. The van der Waals surface area contributed by atoms with E-state index in [-0.39, 0.29) is 0 Å². The molecule has 2 nitrogen and oxygen atoms in total. The Kier molecular flexibility index (Phi) is 5.08. The maximum absolute atomic E-state index is 4.86. The molecule has 0 saturated heterocycles. The molecule has 40 heavy (non-hydrogen) atoms. The molecule has 0 N–H and O–H groups in total. The van der Waals surface area contributed by atoms with Crippen LogP contribution in [0.25, 0.3) is 71.5 Å². The zero-order valence-electron chi connectivity index (χ0n) is 22.2. The lowest BCUT2D eigenvalue weighted by Gasteiger charge is -2.18. The molecule has 0 aliphatic carbocycles. The van der Waals surface area contributed by atoms with E-state index in [0.29, 0.717) is 0 Å². The first-order chi connectivity index (χ1) is 19.7. The van der Waals surface area contributed by atoms with Crippen molar-refractivity contribution in [2.75, 3.05) is 0 Å². The third-order valence-electron chi connectivity index (χ3n) is 8.04. The highest BCUT2D eigenvalue weighted by Crippen LogP contribution is 2.44. The molecule has 2 aromatic heterocycles. The molecule has 0 atom stereocenters. The number of hydrogen-bond acceptors (Lipinski definition) is 1. The van der Waals surface area contributed by atoms with Gasteiger partial charge in [0.15, 0.2) is 0 Å². The summed E-state index contributed by atoms with van der Waals surface area (Å²) < 4.78 is 2.10. The Labute approximate surface area is 232 Å². The second-order valence-electron chi connectivity index (χ2n) is 10.6. The molecule has 0 aliphatic heterocycles. The van der Waals surface area contributed by atoms with Gasteiger partial charge in [-0.2, -0.15) is 0 Å². The zero-order chi connectivity index (χ0) is 26.6. The Balaban J connectivity index is 1.33. The molecule has 188 valence electrons. The fourth-order valence-corrected chi connectivity index (χ4v) is 6.15. The molecular formula is C38H26N2. The van der Waals surface area contributed by atoms with Crippen LogP contribution in [0.3, 0.4) is 0 Å². The van der Waals surface area contributed by atoms with Gasteiger partial charge in [-0.1, -0.05) is 115 Å². The van der Waals surface area contributed by atoms with E-state index < -0.39 is 0 Å². The van der Waals surface area contributed by atoms with Crippen molar-refractivity contribution >= 4 is 38.0 Å². The van der Waals surface area contributed by atoms with Gasteiger partial charge in [0.1, 0.15) is 5.65 Å². The van der Waals surface area contributed by atoms with Crippen LogP contribution in [0.4, 0.5) is 0 Å². The Hall–Kier alpha value is -5.21. The summed E-state index contributed by atoms with van der Waals surface area (Å²) in [6.07, 6.45) is 4.23. The summed E-state index contributed by atoms with van der Waals surface area (Å²) in [6.45, 7) is 2.10. The van der Waals surface area contributed by atoms with Crippen LogP contribution in [-0.2, 0) is 0 Å². The van der Waals surface area contributed by atoms with E-state index in [4.69, 9.17) is 4.98 Å². The van der Waals surface area contributed by atoms with Crippen LogP contribution in [0.5, 0.6) is 0 Å². The molecule has 0 radical (unpaired) electrons. The largest absolute Gasteiger partial charge is 0.306 e. The van der Waals surface area contributed by atoms with E-state index in [9.17, 15) is 0 Å². The van der Waals surface area contributed by atoms with Crippen LogP contribution >= 0.6 is 0 Å². The van der Waals surface area contributed by atoms with E-state index >= 15 is 0 Å². The summed E-state index contributed by atoms with van der Waals surface area (Å²) in [6, 6.07) is 46.1. The molecule has 0 bridgehead atoms. The van der Waals surface area contributed by atoms with Crippen molar-refractivity contribution in [2.45, 2.75) is 6.92 Å². The van der Waals surface area contributed by atoms with Gasteiger partial charge in [0.2, 0.25) is 0 Å². The van der Waals surface area contributed by atoms with Gasteiger partial charge in [0.05, 0.1) is 5.69 Å². The van der Waals surface area contributed by atoms with Crippen molar-refractivity contribution in [1.29, 1.82) is 0 Å². The maximum Gasteiger partial charge on any atom is 0.137 e. The van der Waals surface area contributed by atoms with Crippen molar-refractivity contribution in [1.82, 2.24) is 9.38 Å². The highest BCUT2D eigenvalue weighted by Gasteiger charge is 2.17. The van der Waals surface area contributed by atoms with Crippen LogP contribution in [0.1, 0.15) is 5.56 Å². The minimum atomic E-state index is 0.964. The van der Waals surface area contributed by atoms with Gasteiger partial charge in [0, 0.05) is 18.0 Å². The monoisotopic (exact) mass is 510 g/mol. The molecule has 8 aromatic rings. The predicted molar refractivity (Wildman–Crippen MR) is 169 cm³/mol. The lowest BCUT2D eigenvalue weighted by molar-refractivity contribution is 1.16. The fourth-order valence-electron chi connectivity index (χ4n) is 6.15. The standard InChI is InChI=1S/C38H26N2/c1-25-14-21-36-39-35(24-40(36)23-25)27-16-18-28(19-17-27)37-31-10-4-6-12-33(31)38(34-13-7-5-11-32(34)37)30-20-15-26-8-2-3-9-29(26)22-30/h2-24H,1H3. The first-order valence-electron chi connectivity index (χ1n) is 13.7. The van der Waals surface area contributed by atoms with Crippen LogP contribution in [-0.4, -0.2) is 9.38 Å². The average molecular weight is 511 g/mol. The van der Waals surface area contributed by atoms with E-state index in [1.54, 1.807) is 0 Å². The van der Waals surface area contributed by atoms with Gasteiger partial charge in [-0.15, -0.1) is 0 Å². The number of rotatable bonds is 3. The molecular weight excluding hydrogens is 484 g/mol. The zero-order valence-corrected chi connectivity index (χ0v) is 22.2. The van der Waals surface area contributed by atoms with Crippen molar-refractivity contribution in [3.8, 4) is 33.5 Å². The van der Waals surface area contributed by atoms with Gasteiger partial charge in [-0.3, -0.25) is 0 Å². The lowest BCUT2D eigenvalue weighted by Crippen LogP contribution is -1.91. The lowest BCUT2D eigenvalue weighted by atomic mass is 9.85. The summed E-state index contributed by atoms with van der Waals surface area (Å²) in [7, 11) is 0. The molecule has 0 fully saturated rings. The summed E-state index contributed by atoms with van der Waals surface area (Å²) in [5.41, 5.74) is 9.30. The van der Waals surface area contributed by atoms with Crippen LogP contribution in [0, 0.1) is 6.92 Å². The highest BCUT2D eigenvalue weighted by atomic mass is 15.0. The topological polar surface area (TPSA) is 17.3 Å². The number of imidazole rings is 1. The first kappa shape index (κ1) is 22.7. The van der Waals surface area contributed by atoms with E-state index in [1.165, 1.54) is 60.1 Å². The van der Waals surface area contributed by atoms with Gasteiger partial charge >= 0.3 is 0 Å². The second-order valence-corrected chi connectivity index (χ2v) is 10.6. The number of benzene rings is 6. The summed E-state index contributed by atoms with van der Waals surface area (Å²) in [4.78, 5) is 4.86. The number of aryl methyl sites for hydroxylation is 1. The van der Waals surface area contributed by atoms with E-state index in [2.05, 4.69) is 151 Å². The fraction of sp³-hybridized carbons (Fsp3) is 0.0263. The van der Waals surface area contributed by atoms with Crippen LogP contribution < -0.4 is 0 Å².